The first-order chi connectivity index (χ1) is 37.3. The third kappa shape index (κ3) is 13.6. The van der Waals surface area contributed by atoms with Gasteiger partial charge in [0, 0.05) is 69.4 Å². The molecule has 416 valence electrons. The Balaban J connectivity index is 0.000000190. The first-order valence-electron chi connectivity index (χ1n) is 25.3. The standard InChI is InChI=1S/C26H28F2N4O6S2.C26H28F2N4O4S2/c27-19-14-20(28)16-21(15-19)32-26(33)25(38-22-6-4-5-7-22)24(17-29-32)30-10-12-31(13-11-30)40(36,37)18-39(34,35)23-8-2-1-3-9-23;27-19-14-20(28)16-21(15-19)32-26(33)25(36-22-6-4-5-7-22)24(17-29-32)30-10-12-31(13-11-30)38(34,35)18-37-23-8-2-1-3-9-23/h1-3,8-9,14-17,22H,4-7,10-13,18H2;1-3,8-9,14-17,22H,4-7,10-13,18H2. The summed E-state index contributed by atoms with van der Waals surface area (Å²) in [7, 11) is -11.7. The van der Waals surface area contributed by atoms with Gasteiger partial charge in [-0.05, 0) is 99.9 Å². The van der Waals surface area contributed by atoms with Crippen molar-refractivity contribution in [3.63, 3.8) is 0 Å². The van der Waals surface area contributed by atoms with Crippen LogP contribution < -0.4 is 30.4 Å². The minimum absolute atomic E-state index is 0.0201. The Bertz CT molecular complexity index is 3520. The Kier molecular flexibility index (Phi) is 17.6. The number of thioether (sulfide) groups is 1. The Morgan fingerprint density at radius 1 is 0.513 bits per heavy atom. The van der Waals surface area contributed by atoms with Crippen LogP contribution in [0.2, 0.25) is 0 Å². The van der Waals surface area contributed by atoms with Gasteiger partial charge in [0.2, 0.25) is 31.5 Å². The molecule has 0 bridgehead atoms. The van der Waals surface area contributed by atoms with E-state index in [0.29, 0.717) is 30.5 Å². The first kappa shape index (κ1) is 56.4. The quantitative estimate of drug-likeness (QED) is 0.0727. The van der Waals surface area contributed by atoms with Gasteiger partial charge >= 0.3 is 11.1 Å². The van der Waals surface area contributed by atoms with Gasteiger partial charge in [-0.3, -0.25) is 9.59 Å². The predicted octanol–water partition coefficient (Wildman–Crippen LogP) is 6.75. The van der Waals surface area contributed by atoms with E-state index in [1.54, 1.807) is 11.0 Å². The van der Waals surface area contributed by atoms with E-state index < -0.39 is 69.4 Å². The molecule has 18 nitrogen and oxygen atoms in total. The topological polar surface area (TPSA) is 204 Å². The van der Waals surface area contributed by atoms with Crippen LogP contribution in [0.1, 0.15) is 51.4 Å². The van der Waals surface area contributed by atoms with Crippen LogP contribution in [0.4, 0.5) is 28.9 Å². The number of nitrogens with zero attached hydrogens (tertiary/aromatic N) is 8. The molecule has 4 fully saturated rings. The number of sulfonamides is 2. The van der Waals surface area contributed by atoms with Crippen LogP contribution in [0.15, 0.2) is 129 Å². The monoisotopic (exact) mass is 1160 g/mol. The van der Waals surface area contributed by atoms with Crippen molar-refractivity contribution in [2.75, 3.05) is 72.3 Å². The average Bonchev–Trinajstić information content (AvgIpc) is 4.21. The minimum Gasteiger partial charge on any atom is -0.483 e. The van der Waals surface area contributed by atoms with Crippen molar-refractivity contribution in [3.05, 3.63) is 153 Å². The summed E-state index contributed by atoms with van der Waals surface area (Å²) in [5.74, 6) is -3.34. The molecular formula is C52H56F4N8O10S4. The third-order valence-electron chi connectivity index (χ3n) is 13.7. The summed E-state index contributed by atoms with van der Waals surface area (Å²) in [6, 6.07) is 22.2. The molecule has 0 N–H and O–H groups in total. The molecule has 26 heteroatoms. The van der Waals surface area contributed by atoms with Gasteiger partial charge in [-0.2, -0.15) is 28.2 Å². The summed E-state index contributed by atoms with van der Waals surface area (Å²) < 4.78 is 149. The minimum atomic E-state index is -4.15. The highest BCUT2D eigenvalue weighted by Crippen LogP contribution is 2.33. The van der Waals surface area contributed by atoms with Crippen LogP contribution >= 0.6 is 11.8 Å². The number of aromatic nitrogens is 4. The second-order valence-corrected chi connectivity index (χ2v) is 26.8. The lowest BCUT2D eigenvalue weighted by Gasteiger charge is -2.35. The SMILES string of the molecule is O=c1c(OC2CCCC2)c(N2CCN(S(=O)(=O)CS(=O)(=O)c3ccccc3)CC2)cnn1-c1cc(F)cc(F)c1.O=c1c(OC2CCCC2)c(N2CCN(S(=O)(=O)CSc3ccccc3)CC2)cnn1-c1cc(F)cc(F)c1. The zero-order valence-corrected chi connectivity index (χ0v) is 45.3. The summed E-state index contributed by atoms with van der Waals surface area (Å²) in [6.07, 6.45) is 9.43. The smallest absolute Gasteiger partial charge is 0.316 e. The van der Waals surface area contributed by atoms with Gasteiger partial charge < -0.3 is 19.3 Å². The molecule has 2 saturated heterocycles. The maximum absolute atomic E-state index is 13.9. The van der Waals surface area contributed by atoms with Crippen molar-refractivity contribution in [2.24, 2.45) is 0 Å². The summed E-state index contributed by atoms with van der Waals surface area (Å²) in [6.45, 7) is 1.43. The summed E-state index contributed by atoms with van der Waals surface area (Å²) in [5, 5.41) is 7.20. The summed E-state index contributed by atoms with van der Waals surface area (Å²) in [4.78, 5) is 31.4. The van der Waals surface area contributed by atoms with E-state index in [0.717, 1.165) is 100 Å². The van der Waals surface area contributed by atoms with Gasteiger partial charge in [-0.15, -0.1) is 11.8 Å². The largest absolute Gasteiger partial charge is 0.483 e. The zero-order valence-electron chi connectivity index (χ0n) is 42.1. The van der Waals surface area contributed by atoms with E-state index >= 15 is 0 Å². The van der Waals surface area contributed by atoms with Crippen molar-refractivity contribution in [1.29, 1.82) is 0 Å². The van der Waals surface area contributed by atoms with E-state index in [4.69, 9.17) is 9.47 Å². The lowest BCUT2D eigenvalue weighted by atomic mass is 10.2. The molecule has 2 aromatic heterocycles. The number of hydrogen-bond donors (Lipinski definition) is 0. The van der Waals surface area contributed by atoms with Crippen LogP contribution in [0.3, 0.4) is 0 Å². The van der Waals surface area contributed by atoms with E-state index in [9.17, 15) is 52.4 Å². The fourth-order valence-corrected chi connectivity index (χ4v) is 16.5. The van der Waals surface area contributed by atoms with Crippen LogP contribution in [-0.4, -0.2) is 128 Å². The normalized spacial score (nSPS) is 17.2. The Labute approximate surface area is 453 Å². The van der Waals surface area contributed by atoms with Crippen molar-refractivity contribution < 1.29 is 52.3 Å². The second kappa shape index (κ2) is 24.4. The van der Waals surface area contributed by atoms with Crippen molar-refractivity contribution in [3.8, 4) is 22.9 Å². The van der Waals surface area contributed by atoms with Gasteiger partial charge in [-0.1, -0.05) is 36.4 Å². The number of ether oxygens (including phenoxy) is 2. The number of anilines is 2. The summed E-state index contributed by atoms with van der Waals surface area (Å²) in [5.41, 5.74) is -0.667. The highest BCUT2D eigenvalue weighted by atomic mass is 32.3. The summed E-state index contributed by atoms with van der Waals surface area (Å²) >= 11 is 1.27. The molecule has 4 heterocycles. The molecule has 0 unspecified atom stereocenters. The van der Waals surface area contributed by atoms with E-state index in [-0.39, 0.29) is 84.3 Å². The average molecular weight is 1160 g/mol. The van der Waals surface area contributed by atoms with E-state index in [2.05, 4.69) is 10.2 Å². The molecule has 4 aliphatic rings. The molecule has 4 aromatic carbocycles. The molecule has 2 aliphatic carbocycles. The van der Waals surface area contributed by atoms with Gasteiger partial charge in [-0.25, -0.2) is 42.8 Å². The molecular weight excluding hydrogens is 1100 g/mol. The highest BCUT2D eigenvalue weighted by Gasteiger charge is 2.35. The number of hydrogen-bond acceptors (Lipinski definition) is 15. The fourth-order valence-electron chi connectivity index (χ4n) is 9.68. The molecule has 0 spiro atoms. The zero-order chi connectivity index (χ0) is 55.2. The van der Waals surface area contributed by atoms with Crippen molar-refractivity contribution in [2.45, 2.75) is 73.4 Å². The maximum atomic E-state index is 13.9. The molecule has 2 aliphatic heterocycles. The van der Waals surface area contributed by atoms with Crippen LogP contribution in [0.5, 0.6) is 11.5 Å². The molecule has 2 saturated carbocycles. The Morgan fingerprint density at radius 3 is 1.31 bits per heavy atom. The van der Waals surface area contributed by atoms with Gasteiger partial charge in [0.05, 0.1) is 40.9 Å². The van der Waals surface area contributed by atoms with Gasteiger partial charge in [0.15, 0.2) is 14.9 Å². The lowest BCUT2D eigenvalue weighted by molar-refractivity contribution is 0.205. The van der Waals surface area contributed by atoms with E-state index in [1.165, 1.54) is 52.7 Å². The molecule has 10 rings (SSSR count). The van der Waals surface area contributed by atoms with E-state index in [1.807, 2.05) is 35.2 Å². The molecule has 0 amide bonds. The number of rotatable bonds is 16. The maximum Gasteiger partial charge on any atom is 0.316 e. The van der Waals surface area contributed by atoms with Crippen LogP contribution in [0.25, 0.3) is 11.4 Å². The van der Waals surface area contributed by atoms with Gasteiger partial charge in [0.1, 0.15) is 39.7 Å². The number of halogens is 4. The van der Waals surface area contributed by atoms with Crippen molar-refractivity contribution in [1.82, 2.24) is 28.2 Å². The Hall–Kier alpha value is -6.32. The Morgan fingerprint density at radius 2 is 0.897 bits per heavy atom. The second-order valence-electron chi connectivity index (χ2n) is 19.1. The number of piperazine rings is 2. The van der Waals surface area contributed by atoms with Crippen molar-refractivity contribution >= 4 is 53.0 Å². The number of benzene rings is 4. The number of sulfone groups is 1. The lowest BCUT2D eigenvalue weighted by Crippen LogP contribution is -2.50. The van der Waals surface area contributed by atoms with Gasteiger partial charge in [0.25, 0.3) is 0 Å². The van der Waals surface area contributed by atoms with Crippen LogP contribution in [0, 0.1) is 23.3 Å². The first-order valence-corrected chi connectivity index (χ1v) is 31.1. The predicted molar refractivity (Wildman–Crippen MR) is 286 cm³/mol. The molecule has 78 heavy (non-hydrogen) atoms. The molecule has 0 radical (unpaired) electrons. The molecule has 6 aromatic rings. The molecule has 0 atom stereocenters. The highest BCUT2D eigenvalue weighted by molar-refractivity contribution is 8.11. The third-order valence-corrected chi connectivity index (χ3v) is 21.7. The van der Waals surface area contributed by atoms with Crippen LogP contribution in [-0.2, 0) is 29.9 Å². The fraction of sp³-hybridized carbons (Fsp3) is 0.385.